The lowest BCUT2D eigenvalue weighted by atomic mass is 9.93. The van der Waals surface area contributed by atoms with Gasteiger partial charge in [0.1, 0.15) is 6.04 Å². The lowest BCUT2D eigenvalue weighted by Crippen LogP contribution is -2.45. The Morgan fingerprint density at radius 2 is 2.00 bits per heavy atom. The van der Waals surface area contributed by atoms with Crippen LogP contribution in [0.15, 0.2) is 30.5 Å². The third-order valence-corrected chi connectivity index (χ3v) is 4.74. The molecule has 3 amide bonds. The van der Waals surface area contributed by atoms with Crippen molar-refractivity contribution >= 4 is 23.8 Å². The summed E-state index contributed by atoms with van der Waals surface area (Å²) in [4.78, 5) is 39.4. The molecule has 3 rings (SSSR count). The molecule has 2 N–H and O–H groups in total. The molecule has 2 aliphatic rings. The molecule has 6 nitrogen and oxygen atoms in total. The standard InChI is InChI=1S/C18H21N3O3/c1-12(22)20-10-8-13-5-2-3-6-14(13)16(20)11-17(23)21-9-4-7-15(21)18(19)24/h2-3,5-6,8,10,15-16H,4,7,9,11H2,1H3,(H2,19,24)/t15-,16+/m1/s1. The van der Waals surface area contributed by atoms with Gasteiger partial charge >= 0.3 is 0 Å². The minimum atomic E-state index is -0.530. The highest BCUT2D eigenvalue weighted by atomic mass is 16.2. The van der Waals surface area contributed by atoms with Crippen molar-refractivity contribution in [3.63, 3.8) is 0 Å². The predicted molar refractivity (Wildman–Crippen MR) is 89.3 cm³/mol. The van der Waals surface area contributed by atoms with Gasteiger partial charge in [-0.25, -0.2) is 0 Å². The number of nitrogens with zero attached hydrogens (tertiary/aromatic N) is 2. The maximum absolute atomic E-state index is 12.8. The van der Waals surface area contributed by atoms with E-state index in [-0.39, 0.29) is 24.3 Å². The highest BCUT2D eigenvalue weighted by Gasteiger charge is 2.36. The van der Waals surface area contributed by atoms with Gasteiger partial charge in [-0.1, -0.05) is 24.3 Å². The van der Waals surface area contributed by atoms with E-state index >= 15 is 0 Å². The summed E-state index contributed by atoms with van der Waals surface area (Å²) in [6.45, 7) is 2.02. The second-order valence-electron chi connectivity index (χ2n) is 6.24. The zero-order valence-electron chi connectivity index (χ0n) is 13.6. The Morgan fingerprint density at radius 1 is 1.25 bits per heavy atom. The van der Waals surface area contributed by atoms with Gasteiger partial charge in [-0.2, -0.15) is 0 Å². The molecular weight excluding hydrogens is 306 g/mol. The van der Waals surface area contributed by atoms with E-state index in [1.165, 1.54) is 6.92 Å². The van der Waals surface area contributed by atoms with Crippen molar-refractivity contribution in [1.82, 2.24) is 9.80 Å². The monoisotopic (exact) mass is 327 g/mol. The first-order valence-corrected chi connectivity index (χ1v) is 8.14. The zero-order valence-corrected chi connectivity index (χ0v) is 13.6. The van der Waals surface area contributed by atoms with Crippen molar-refractivity contribution in [3.05, 3.63) is 41.6 Å². The number of carbonyl (C=O) groups is 3. The van der Waals surface area contributed by atoms with E-state index in [4.69, 9.17) is 5.73 Å². The first-order chi connectivity index (χ1) is 11.5. The summed E-state index contributed by atoms with van der Waals surface area (Å²) in [5.74, 6) is -0.725. The normalized spacial score (nSPS) is 22.4. The fourth-order valence-electron chi connectivity index (χ4n) is 3.56. The van der Waals surface area contributed by atoms with Crippen molar-refractivity contribution in [2.24, 2.45) is 5.73 Å². The lowest BCUT2D eigenvalue weighted by Gasteiger charge is -2.34. The average molecular weight is 327 g/mol. The quantitative estimate of drug-likeness (QED) is 0.911. The average Bonchev–Trinajstić information content (AvgIpc) is 3.04. The lowest BCUT2D eigenvalue weighted by molar-refractivity contribution is -0.139. The highest BCUT2D eigenvalue weighted by molar-refractivity contribution is 5.88. The third kappa shape index (κ3) is 2.91. The molecule has 1 aromatic rings. The third-order valence-electron chi connectivity index (χ3n) is 4.74. The molecule has 0 saturated carbocycles. The van der Waals surface area contributed by atoms with Gasteiger partial charge in [0, 0.05) is 19.7 Å². The second kappa shape index (κ2) is 6.47. The molecule has 24 heavy (non-hydrogen) atoms. The van der Waals surface area contributed by atoms with Crippen LogP contribution >= 0.6 is 0 Å². The Balaban J connectivity index is 1.86. The largest absolute Gasteiger partial charge is 0.368 e. The number of nitrogens with two attached hydrogens (primary N) is 1. The summed E-state index contributed by atoms with van der Waals surface area (Å²) in [5, 5.41) is 0. The molecule has 126 valence electrons. The Kier molecular flexibility index (Phi) is 4.38. The smallest absolute Gasteiger partial charge is 0.240 e. The second-order valence-corrected chi connectivity index (χ2v) is 6.24. The Morgan fingerprint density at radius 3 is 2.71 bits per heavy atom. The summed E-state index contributed by atoms with van der Waals surface area (Å²) in [6, 6.07) is 6.83. The van der Waals surface area contributed by atoms with Crippen molar-refractivity contribution in [3.8, 4) is 0 Å². The highest BCUT2D eigenvalue weighted by Crippen LogP contribution is 2.34. The van der Waals surface area contributed by atoms with E-state index in [1.807, 2.05) is 30.3 Å². The molecule has 0 aromatic heterocycles. The molecule has 0 spiro atoms. The Labute approximate surface area is 140 Å². The zero-order chi connectivity index (χ0) is 17.3. The molecule has 6 heteroatoms. The van der Waals surface area contributed by atoms with Gasteiger partial charge in [0.15, 0.2) is 0 Å². The molecule has 0 bridgehead atoms. The van der Waals surface area contributed by atoms with E-state index in [1.54, 1.807) is 16.0 Å². The summed E-state index contributed by atoms with van der Waals surface area (Å²) >= 11 is 0. The van der Waals surface area contributed by atoms with Crippen LogP contribution in [0.3, 0.4) is 0 Å². The molecular formula is C18H21N3O3. The molecule has 0 radical (unpaired) electrons. The van der Waals surface area contributed by atoms with Crippen molar-refractivity contribution in [2.75, 3.05) is 6.54 Å². The van der Waals surface area contributed by atoms with E-state index < -0.39 is 11.9 Å². The molecule has 0 unspecified atom stereocenters. The van der Waals surface area contributed by atoms with Gasteiger partial charge in [-0.05, 0) is 30.0 Å². The number of hydrogen-bond acceptors (Lipinski definition) is 3. The van der Waals surface area contributed by atoms with Gasteiger partial charge in [0.25, 0.3) is 0 Å². The molecule has 0 aliphatic carbocycles. The number of hydrogen-bond donors (Lipinski definition) is 1. The van der Waals surface area contributed by atoms with Gasteiger partial charge in [-0.3, -0.25) is 14.4 Å². The first-order valence-electron chi connectivity index (χ1n) is 8.14. The van der Waals surface area contributed by atoms with Crippen LogP contribution in [0, 0.1) is 0 Å². The summed E-state index contributed by atoms with van der Waals surface area (Å²) in [6.07, 6.45) is 5.12. The van der Waals surface area contributed by atoms with Gasteiger partial charge in [-0.15, -0.1) is 0 Å². The minimum absolute atomic E-state index is 0.119. The number of primary amides is 1. The van der Waals surface area contributed by atoms with Crippen LogP contribution in [-0.2, 0) is 14.4 Å². The van der Waals surface area contributed by atoms with Crippen LogP contribution in [0.25, 0.3) is 6.08 Å². The molecule has 1 aromatic carbocycles. The SMILES string of the molecule is CC(=O)N1C=Cc2ccccc2[C@@H]1CC(=O)N1CCC[C@@H]1C(N)=O. The van der Waals surface area contributed by atoms with E-state index in [2.05, 4.69) is 0 Å². The molecule has 1 saturated heterocycles. The van der Waals surface area contributed by atoms with E-state index in [9.17, 15) is 14.4 Å². The minimum Gasteiger partial charge on any atom is -0.368 e. The summed E-state index contributed by atoms with van der Waals surface area (Å²) < 4.78 is 0. The van der Waals surface area contributed by atoms with Crippen molar-refractivity contribution in [1.29, 1.82) is 0 Å². The number of benzene rings is 1. The van der Waals surface area contributed by atoms with Crippen LogP contribution in [0.1, 0.15) is 43.4 Å². The summed E-state index contributed by atoms with van der Waals surface area (Å²) in [7, 11) is 0. The Hall–Kier alpha value is -2.63. The number of amides is 3. The first kappa shape index (κ1) is 16.2. The van der Waals surface area contributed by atoms with Crippen LogP contribution in [0.2, 0.25) is 0 Å². The topological polar surface area (TPSA) is 83.7 Å². The van der Waals surface area contributed by atoms with Crippen molar-refractivity contribution < 1.29 is 14.4 Å². The van der Waals surface area contributed by atoms with Crippen LogP contribution in [0.5, 0.6) is 0 Å². The van der Waals surface area contributed by atoms with Gasteiger partial charge in [0.2, 0.25) is 17.7 Å². The number of likely N-dealkylation sites (tertiary alicyclic amines) is 1. The number of rotatable bonds is 3. The Bertz CT molecular complexity index is 713. The maximum Gasteiger partial charge on any atom is 0.240 e. The van der Waals surface area contributed by atoms with E-state index in [0.717, 1.165) is 17.5 Å². The van der Waals surface area contributed by atoms with Crippen LogP contribution < -0.4 is 5.73 Å². The molecule has 2 heterocycles. The molecule has 2 atom stereocenters. The van der Waals surface area contributed by atoms with Crippen LogP contribution in [0.4, 0.5) is 0 Å². The van der Waals surface area contributed by atoms with E-state index in [0.29, 0.717) is 13.0 Å². The van der Waals surface area contributed by atoms with Crippen LogP contribution in [-0.4, -0.2) is 40.1 Å². The molecule has 1 fully saturated rings. The predicted octanol–water partition coefficient (Wildman–Crippen LogP) is 1.43. The fourth-order valence-corrected chi connectivity index (χ4v) is 3.56. The van der Waals surface area contributed by atoms with Gasteiger partial charge in [0.05, 0.1) is 12.5 Å². The number of carbonyl (C=O) groups excluding carboxylic acids is 3. The molecule has 2 aliphatic heterocycles. The van der Waals surface area contributed by atoms with Crippen molar-refractivity contribution in [2.45, 2.75) is 38.3 Å². The summed E-state index contributed by atoms with van der Waals surface area (Å²) in [5.41, 5.74) is 7.35. The fraction of sp³-hybridized carbons (Fsp3) is 0.389. The maximum atomic E-state index is 12.8. The number of fused-ring (bicyclic) bond motifs is 1. The van der Waals surface area contributed by atoms with Gasteiger partial charge < -0.3 is 15.5 Å².